The van der Waals surface area contributed by atoms with E-state index < -0.39 is 29.5 Å². The number of benzene rings is 1. The van der Waals surface area contributed by atoms with E-state index in [1.54, 1.807) is 32.3 Å². The van der Waals surface area contributed by atoms with Crippen molar-refractivity contribution < 1.29 is 24.3 Å². The number of likely N-dealkylation sites (N-methyl/N-ethyl adjacent to an activating group) is 2. The quantitative estimate of drug-likeness (QED) is 0.239. The number of carbonyl (C=O) groups excluding carboxylic acids is 3. The second kappa shape index (κ2) is 14.9. The first-order valence-corrected chi connectivity index (χ1v) is 14.4. The molecule has 0 fully saturated rings. The minimum absolute atomic E-state index is 0.0305. The largest absolute Gasteiger partial charge is 0.478 e. The van der Waals surface area contributed by atoms with Crippen LogP contribution in [0.1, 0.15) is 65.2 Å². The lowest BCUT2D eigenvalue weighted by Crippen LogP contribution is -2.59. The van der Waals surface area contributed by atoms with E-state index in [4.69, 9.17) is 0 Å². The number of hydrogen-bond donors (Lipinski definition) is 3. The molecule has 8 nitrogen and oxygen atoms in total. The van der Waals surface area contributed by atoms with Crippen LogP contribution in [0.15, 0.2) is 77.4 Å². The molecule has 1 aromatic carbocycles. The van der Waals surface area contributed by atoms with Gasteiger partial charge < -0.3 is 20.6 Å². The molecule has 0 saturated carbocycles. The maximum Gasteiger partial charge on any atom is 0.331 e. The molecule has 0 heterocycles. The van der Waals surface area contributed by atoms with E-state index in [-0.39, 0.29) is 35.0 Å². The Kier molecular flexibility index (Phi) is 12.2. The number of ketones is 1. The molecule has 1 aromatic rings. The standard InChI is InChI=1S/C34H47N3O5/c1-21(2)27(20-22(3)33(41)42)37(9)32(40)30(34(5,6)7)36-31(39)28(35-8)23(4)24-16-13-17-26(19-18-24)29(38)25-14-11-10-12-15-25/h10-16,18-21,23,27-28,30,35H,17H2,1-9H3,(H,36,39)(H,41,42)/b22-20+/t23?,27-,28?,30?/m1/s1. The van der Waals surface area contributed by atoms with Gasteiger partial charge in [0.25, 0.3) is 0 Å². The van der Waals surface area contributed by atoms with Crippen LogP contribution in [-0.4, -0.2) is 65.8 Å². The zero-order chi connectivity index (χ0) is 31.8. The van der Waals surface area contributed by atoms with Crippen molar-refractivity contribution in [1.82, 2.24) is 15.5 Å². The van der Waals surface area contributed by atoms with Gasteiger partial charge >= 0.3 is 5.97 Å². The Morgan fingerprint density at radius 1 is 1.02 bits per heavy atom. The summed E-state index contributed by atoms with van der Waals surface area (Å²) in [4.78, 5) is 53.5. The van der Waals surface area contributed by atoms with Gasteiger partial charge in [-0.3, -0.25) is 14.4 Å². The summed E-state index contributed by atoms with van der Waals surface area (Å²) in [5.41, 5.74) is 1.71. The molecule has 8 heteroatoms. The van der Waals surface area contributed by atoms with E-state index >= 15 is 0 Å². The average Bonchev–Trinajstić information content (AvgIpc) is 3.19. The molecule has 2 rings (SSSR count). The highest BCUT2D eigenvalue weighted by Crippen LogP contribution is 2.26. The normalized spacial score (nSPS) is 16.9. The molecule has 0 bridgehead atoms. The summed E-state index contributed by atoms with van der Waals surface area (Å²) in [5.74, 6) is -2.01. The summed E-state index contributed by atoms with van der Waals surface area (Å²) in [6.07, 6.45) is 9.64. The maximum atomic E-state index is 13.8. The molecule has 1 aliphatic rings. The number of aliphatic carboxylic acids is 1. The molecular formula is C34H47N3O5. The molecule has 0 aliphatic heterocycles. The van der Waals surface area contributed by atoms with E-state index in [2.05, 4.69) is 10.6 Å². The highest BCUT2D eigenvalue weighted by molar-refractivity contribution is 6.09. The fourth-order valence-electron chi connectivity index (χ4n) is 5.00. The Morgan fingerprint density at radius 3 is 2.17 bits per heavy atom. The summed E-state index contributed by atoms with van der Waals surface area (Å²) >= 11 is 0. The van der Waals surface area contributed by atoms with Crippen LogP contribution in [0.2, 0.25) is 0 Å². The summed E-state index contributed by atoms with van der Waals surface area (Å²) < 4.78 is 0. The monoisotopic (exact) mass is 577 g/mol. The molecular weight excluding hydrogens is 530 g/mol. The predicted octanol–water partition coefficient (Wildman–Crippen LogP) is 4.95. The number of carboxylic acid groups (broad SMARTS) is 1. The third-order valence-corrected chi connectivity index (χ3v) is 7.71. The fourth-order valence-corrected chi connectivity index (χ4v) is 5.00. The number of allylic oxidation sites excluding steroid dienone is 5. The van der Waals surface area contributed by atoms with Crippen molar-refractivity contribution in [3.05, 3.63) is 83.0 Å². The number of nitrogens with one attached hydrogen (secondary N) is 2. The van der Waals surface area contributed by atoms with Gasteiger partial charge in [-0.2, -0.15) is 0 Å². The van der Waals surface area contributed by atoms with Gasteiger partial charge in [0.1, 0.15) is 6.04 Å². The summed E-state index contributed by atoms with van der Waals surface area (Å²) in [6, 6.07) is 7.17. The van der Waals surface area contributed by atoms with Crippen LogP contribution in [0, 0.1) is 17.3 Å². The Labute approximate surface area is 250 Å². The number of rotatable bonds is 12. The smallest absolute Gasteiger partial charge is 0.331 e. The molecule has 3 N–H and O–H groups in total. The first kappa shape index (κ1) is 34.4. The highest BCUT2D eigenvalue weighted by Gasteiger charge is 2.39. The molecule has 4 atom stereocenters. The average molecular weight is 578 g/mol. The molecule has 2 amide bonds. The number of nitrogens with zero attached hydrogens (tertiary/aromatic N) is 1. The van der Waals surface area contributed by atoms with E-state index in [1.165, 1.54) is 11.8 Å². The SMILES string of the molecule is CNC(C(=O)NC(C(=O)N(C)[C@H](/C=C(\C)C(=O)O)C(C)C)C(C)(C)C)C(C)C1=CC=C(C(=O)c2ccccc2)CC=C1. The maximum absolute atomic E-state index is 13.8. The number of hydrogen-bond acceptors (Lipinski definition) is 5. The second-order valence-electron chi connectivity index (χ2n) is 12.4. The molecule has 228 valence electrons. The fraction of sp³-hybridized carbons (Fsp3) is 0.471. The van der Waals surface area contributed by atoms with Crippen LogP contribution >= 0.6 is 0 Å². The van der Waals surface area contributed by atoms with Crippen LogP contribution in [0.4, 0.5) is 0 Å². The lowest BCUT2D eigenvalue weighted by Gasteiger charge is -2.38. The zero-order valence-electron chi connectivity index (χ0n) is 26.4. The van der Waals surface area contributed by atoms with Gasteiger partial charge in [-0.25, -0.2) is 4.79 Å². The van der Waals surface area contributed by atoms with Crippen LogP contribution in [0.3, 0.4) is 0 Å². The van der Waals surface area contributed by atoms with Gasteiger partial charge in [0.15, 0.2) is 5.78 Å². The highest BCUT2D eigenvalue weighted by atomic mass is 16.4. The third kappa shape index (κ3) is 8.86. The predicted molar refractivity (Wildman–Crippen MR) is 167 cm³/mol. The molecule has 3 unspecified atom stereocenters. The van der Waals surface area contributed by atoms with Crippen LogP contribution in [0.5, 0.6) is 0 Å². The number of carbonyl (C=O) groups is 4. The van der Waals surface area contributed by atoms with E-state index in [0.717, 1.165) is 5.57 Å². The first-order valence-electron chi connectivity index (χ1n) is 14.4. The Bertz CT molecular complexity index is 1270. The van der Waals surface area contributed by atoms with Crippen molar-refractivity contribution in [2.45, 2.75) is 73.0 Å². The topological polar surface area (TPSA) is 116 Å². The Balaban J connectivity index is 2.30. The van der Waals surface area contributed by atoms with Gasteiger partial charge in [0, 0.05) is 29.7 Å². The molecule has 0 aromatic heterocycles. The number of amides is 2. The zero-order valence-corrected chi connectivity index (χ0v) is 26.4. The number of carboxylic acids is 1. The Morgan fingerprint density at radius 2 is 1.64 bits per heavy atom. The van der Waals surface area contributed by atoms with Crippen molar-refractivity contribution in [2.24, 2.45) is 17.3 Å². The summed E-state index contributed by atoms with van der Waals surface area (Å²) in [7, 11) is 3.35. The van der Waals surface area contributed by atoms with Crippen LogP contribution in [-0.2, 0) is 14.4 Å². The van der Waals surface area contributed by atoms with E-state index in [1.807, 2.05) is 84.0 Å². The molecule has 42 heavy (non-hydrogen) atoms. The minimum atomic E-state index is -1.04. The van der Waals surface area contributed by atoms with Gasteiger partial charge in [-0.05, 0) is 37.3 Å². The van der Waals surface area contributed by atoms with E-state index in [9.17, 15) is 24.3 Å². The van der Waals surface area contributed by atoms with Crippen molar-refractivity contribution in [3.63, 3.8) is 0 Å². The second-order valence-corrected chi connectivity index (χ2v) is 12.4. The first-order chi connectivity index (χ1) is 19.6. The van der Waals surface area contributed by atoms with Crippen molar-refractivity contribution >= 4 is 23.6 Å². The lowest BCUT2D eigenvalue weighted by molar-refractivity contribution is -0.140. The summed E-state index contributed by atoms with van der Waals surface area (Å²) in [5, 5.41) is 15.5. The molecule has 0 spiro atoms. The molecule has 0 radical (unpaired) electrons. The Hall–Kier alpha value is -3.78. The van der Waals surface area contributed by atoms with Crippen molar-refractivity contribution in [3.8, 4) is 0 Å². The third-order valence-electron chi connectivity index (χ3n) is 7.71. The number of Topliss-reactive ketones (excluding diaryl/α,β-unsaturated/α-hetero) is 1. The van der Waals surface area contributed by atoms with Gasteiger partial charge in [0.2, 0.25) is 11.8 Å². The van der Waals surface area contributed by atoms with Gasteiger partial charge in [0.05, 0.1) is 12.1 Å². The molecule has 0 saturated heterocycles. The van der Waals surface area contributed by atoms with Gasteiger partial charge in [-0.1, -0.05) is 102 Å². The minimum Gasteiger partial charge on any atom is -0.478 e. The van der Waals surface area contributed by atoms with Crippen molar-refractivity contribution in [2.75, 3.05) is 14.1 Å². The van der Waals surface area contributed by atoms with Crippen LogP contribution in [0.25, 0.3) is 0 Å². The summed E-state index contributed by atoms with van der Waals surface area (Å²) in [6.45, 7) is 12.9. The van der Waals surface area contributed by atoms with Crippen molar-refractivity contribution in [1.29, 1.82) is 0 Å². The van der Waals surface area contributed by atoms with Crippen LogP contribution < -0.4 is 10.6 Å². The lowest BCUT2D eigenvalue weighted by atomic mass is 9.84. The van der Waals surface area contributed by atoms with Gasteiger partial charge in [-0.15, -0.1) is 0 Å². The molecule has 1 aliphatic carbocycles. The van der Waals surface area contributed by atoms with E-state index in [0.29, 0.717) is 17.6 Å².